The van der Waals surface area contributed by atoms with E-state index in [4.69, 9.17) is 0 Å². The number of aryl methyl sites for hydroxylation is 1. The number of carbonyl (C=O) groups excluding carboxylic acids is 1. The third-order valence-corrected chi connectivity index (χ3v) is 5.29. The summed E-state index contributed by atoms with van der Waals surface area (Å²) in [7, 11) is 1.42. The number of piperidine rings is 1. The summed E-state index contributed by atoms with van der Waals surface area (Å²) in [5.41, 5.74) is 1.40. The van der Waals surface area contributed by atoms with Gasteiger partial charge < -0.3 is 9.64 Å². The molecule has 0 aromatic carbocycles. The van der Waals surface area contributed by atoms with Gasteiger partial charge in [-0.25, -0.2) is 4.98 Å². The zero-order valence-electron chi connectivity index (χ0n) is 13.5. The second-order valence-electron chi connectivity index (χ2n) is 6.82. The SMILES string of the molecule is COC(=O)CCc1csc(N2CCC(C(C)(C)C)CC2)n1. The molecular weight excluding hydrogens is 284 g/mol. The normalized spacial score (nSPS) is 17.0. The molecule has 0 atom stereocenters. The first-order chi connectivity index (χ1) is 9.90. The van der Waals surface area contributed by atoms with E-state index in [1.807, 2.05) is 0 Å². The van der Waals surface area contributed by atoms with E-state index in [9.17, 15) is 4.79 Å². The molecule has 0 aliphatic carbocycles. The van der Waals surface area contributed by atoms with E-state index >= 15 is 0 Å². The zero-order chi connectivity index (χ0) is 15.5. The number of thiazole rings is 1. The second kappa shape index (κ2) is 6.77. The molecule has 0 saturated carbocycles. The van der Waals surface area contributed by atoms with E-state index in [-0.39, 0.29) is 5.97 Å². The van der Waals surface area contributed by atoms with E-state index in [1.165, 1.54) is 20.0 Å². The van der Waals surface area contributed by atoms with Gasteiger partial charge in [-0.15, -0.1) is 11.3 Å². The number of hydrogen-bond acceptors (Lipinski definition) is 5. The molecule has 1 aromatic heterocycles. The summed E-state index contributed by atoms with van der Waals surface area (Å²) in [6.45, 7) is 9.18. The first-order valence-electron chi connectivity index (χ1n) is 7.66. The summed E-state index contributed by atoms with van der Waals surface area (Å²) in [6, 6.07) is 0. The minimum Gasteiger partial charge on any atom is -0.469 e. The van der Waals surface area contributed by atoms with Crippen molar-refractivity contribution < 1.29 is 9.53 Å². The largest absolute Gasteiger partial charge is 0.469 e. The molecule has 118 valence electrons. The van der Waals surface area contributed by atoms with Gasteiger partial charge in [0.1, 0.15) is 0 Å². The van der Waals surface area contributed by atoms with Crippen molar-refractivity contribution in [2.75, 3.05) is 25.1 Å². The molecule has 1 aliphatic rings. The lowest BCUT2D eigenvalue weighted by Crippen LogP contribution is -2.38. The number of hydrogen-bond donors (Lipinski definition) is 0. The predicted molar refractivity (Wildman–Crippen MR) is 86.8 cm³/mol. The molecule has 5 heteroatoms. The Morgan fingerprint density at radius 1 is 1.43 bits per heavy atom. The summed E-state index contributed by atoms with van der Waals surface area (Å²) in [6.07, 6.45) is 3.55. The van der Waals surface area contributed by atoms with Gasteiger partial charge in [-0.05, 0) is 24.2 Å². The fraction of sp³-hybridized carbons (Fsp3) is 0.750. The molecule has 1 fully saturated rings. The maximum atomic E-state index is 11.2. The molecule has 0 N–H and O–H groups in total. The molecule has 1 saturated heterocycles. The highest BCUT2D eigenvalue weighted by atomic mass is 32.1. The van der Waals surface area contributed by atoms with Crippen LogP contribution in [0.25, 0.3) is 0 Å². The van der Waals surface area contributed by atoms with Crippen LogP contribution in [0.5, 0.6) is 0 Å². The minimum absolute atomic E-state index is 0.171. The number of anilines is 1. The topological polar surface area (TPSA) is 42.4 Å². The predicted octanol–water partition coefficient (Wildman–Crippen LogP) is 3.51. The standard InChI is InChI=1S/C16H26N2O2S/c1-16(2,3)12-7-9-18(10-8-12)15-17-13(11-21-15)5-6-14(19)20-4/h11-12H,5-10H2,1-4H3. The van der Waals surface area contributed by atoms with E-state index in [0.29, 0.717) is 18.3 Å². The Hall–Kier alpha value is -1.10. The van der Waals surface area contributed by atoms with Gasteiger partial charge in [-0.1, -0.05) is 20.8 Å². The first-order valence-corrected chi connectivity index (χ1v) is 8.54. The van der Waals surface area contributed by atoms with Crippen molar-refractivity contribution in [3.8, 4) is 0 Å². The first kappa shape index (κ1) is 16.3. The molecule has 0 amide bonds. The second-order valence-corrected chi connectivity index (χ2v) is 7.66. The van der Waals surface area contributed by atoms with Crippen LogP contribution in [0.3, 0.4) is 0 Å². The third-order valence-electron chi connectivity index (χ3n) is 4.34. The molecule has 2 rings (SSSR count). The average molecular weight is 310 g/mol. The van der Waals surface area contributed by atoms with Gasteiger partial charge in [0.2, 0.25) is 0 Å². The van der Waals surface area contributed by atoms with Gasteiger partial charge in [0.15, 0.2) is 5.13 Å². The van der Waals surface area contributed by atoms with Crippen LogP contribution in [-0.2, 0) is 16.0 Å². The summed E-state index contributed by atoms with van der Waals surface area (Å²) in [4.78, 5) is 18.2. The average Bonchev–Trinajstić information content (AvgIpc) is 2.93. The van der Waals surface area contributed by atoms with E-state index < -0.39 is 0 Å². The fourth-order valence-corrected chi connectivity index (χ4v) is 3.74. The molecule has 1 aromatic rings. The number of nitrogens with zero attached hydrogens (tertiary/aromatic N) is 2. The van der Waals surface area contributed by atoms with E-state index in [0.717, 1.165) is 29.8 Å². The van der Waals surface area contributed by atoms with Crippen LogP contribution in [-0.4, -0.2) is 31.2 Å². The quantitative estimate of drug-likeness (QED) is 0.798. The molecule has 0 bridgehead atoms. The van der Waals surface area contributed by atoms with Gasteiger partial charge in [-0.3, -0.25) is 4.79 Å². The molecular formula is C16H26N2O2S. The molecule has 2 heterocycles. The lowest BCUT2D eigenvalue weighted by Gasteiger charge is -2.38. The Bertz CT molecular complexity index is 471. The van der Waals surface area contributed by atoms with Crippen molar-refractivity contribution >= 4 is 22.4 Å². The van der Waals surface area contributed by atoms with Gasteiger partial charge >= 0.3 is 5.97 Å². The van der Waals surface area contributed by atoms with Crippen LogP contribution in [0.2, 0.25) is 0 Å². The highest BCUT2D eigenvalue weighted by Gasteiger charge is 2.29. The number of aromatic nitrogens is 1. The van der Waals surface area contributed by atoms with Crippen LogP contribution in [0.1, 0.15) is 45.7 Å². The summed E-state index contributed by atoms with van der Waals surface area (Å²) in [5, 5.41) is 3.16. The molecule has 0 unspecified atom stereocenters. The molecule has 0 radical (unpaired) electrons. The minimum atomic E-state index is -0.171. The summed E-state index contributed by atoms with van der Waals surface area (Å²) >= 11 is 1.69. The summed E-state index contributed by atoms with van der Waals surface area (Å²) < 4.78 is 4.66. The Kier molecular flexibility index (Phi) is 5.25. The van der Waals surface area contributed by atoms with Crippen LogP contribution in [0.15, 0.2) is 5.38 Å². The fourth-order valence-electron chi connectivity index (χ4n) is 2.83. The van der Waals surface area contributed by atoms with Crippen molar-refractivity contribution in [2.24, 2.45) is 11.3 Å². The van der Waals surface area contributed by atoms with Crippen LogP contribution in [0, 0.1) is 11.3 Å². The molecule has 0 spiro atoms. The highest BCUT2D eigenvalue weighted by Crippen LogP contribution is 2.36. The number of esters is 1. The monoisotopic (exact) mass is 310 g/mol. The van der Waals surface area contributed by atoms with Gasteiger partial charge in [0.25, 0.3) is 0 Å². The van der Waals surface area contributed by atoms with Crippen LogP contribution < -0.4 is 4.90 Å². The number of methoxy groups -OCH3 is 1. The zero-order valence-corrected chi connectivity index (χ0v) is 14.3. The lowest BCUT2D eigenvalue weighted by molar-refractivity contribution is -0.140. The van der Waals surface area contributed by atoms with Gasteiger partial charge in [0.05, 0.1) is 19.2 Å². The van der Waals surface area contributed by atoms with E-state index in [2.05, 4.69) is 40.8 Å². The molecule has 21 heavy (non-hydrogen) atoms. The van der Waals surface area contributed by atoms with Crippen molar-refractivity contribution in [1.82, 2.24) is 4.98 Å². The van der Waals surface area contributed by atoms with Crippen LogP contribution in [0.4, 0.5) is 5.13 Å². The van der Waals surface area contributed by atoms with Gasteiger partial charge in [0, 0.05) is 24.9 Å². The number of carbonyl (C=O) groups is 1. The van der Waals surface area contributed by atoms with Gasteiger partial charge in [-0.2, -0.15) is 0 Å². The number of rotatable bonds is 4. The Balaban J connectivity index is 1.87. The summed E-state index contributed by atoms with van der Waals surface area (Å²) in [5.74, 6) is 0.628. The highest BCUT2D eigenvalue weighted by molar-refractivity contribution is 7.13. The maximum Gasteiger partial charge on any atom is 0.305 e. The molecule has 1 aliphatic heterocycles. The van der Waals surface area contributed by atoms with E-state index in [1.54, 1.807) is 11.3 Å². The Morgan fingerprint density at radius 3 is 2.67 bits per heavy atom. The molecule has 4 nitrogen and oxygen atoms in total. The Labute approximate surface area is 131 Å². The van der Waals surface area contributed by atoms with Crippen molar-refractivity contribution in [3.63, 3.8) is 0 Å². The van der Waals surface area contributed by atoms with Crippen LogP contribution >= 0.6 is 11.3 Å². The van der Waals surface area contributed by atoms with Crippen molar-refractivity contribution in [1.29, 1.82) is 0 Å². The number of ether oxygens (including phenoxy) is 1. The van der Waals surface area contributed by atoms with Crippen molar-refractivity contribution in [2.45, 2.75) is 46.5 Å². The smallest absolute Gasteiger partial charge is 0.305 e. The van der Waals surface area contributed by atoms with Crippen molar-refractivity contribution in [3.05, 3.63) is 11.1 Å². The lowest BCUT2D eigenvalue weighted by atomic mass is 9.75. The third kappa shape index (κ3) is 4.43. The maximum absolute atomic E-state index is 11.2. The Morgan fingerprint density at radius 2 is 2.10 bits per heavy atom.